The maximum Gasteiger partial charge on any atom is 0.319 e. The van der Waals surface area contributed by atoms with Gasteiger partial charge in [0.1, 0.15) is 0 Å². The van der Waals surface area contributed by atoms with E-state index < -0.39 is 16.1 Å². The molecular weight excluding hydrogens is 492 g/mol. The summed E-state index contributed by atoms with van der Waals surface area (Å²) in [5.74, 6) is -0.130. The Morgan fingerprint density at radius 2 is 1.57 bits per heavy atom. The van der Waals surface area contributed by atoms with Gasteiger partial charge in [-0.1, -0.05) is 24.3 Å². The van der Waals surface area contributed by atoms with Gasteiger partial charge in [0.05, 0.1) is 10.9 Å². The molecule has 0 radical (unpaired) electrons. The van der Waals surface area contributed by atoms with Gasteiger partial charge in [0, 0.05) is 56.5 Å². The van der Waals surface area contributed by atoms with Crippen LogP contribution in [0.1, 0.15) is 12.5 Å². The lowest BCUT2D eigenvalue weighted by molar-refractivity contribution is -0.121. The van der Waals surface area contributed by atoms with Crippen molar-refractivity contribution >= 4 is 33.3 Å². The number of piperazine rings is 1. The number of sulfonamides is 1. The summed E-state index contributed by atoms with van der Waals surface area (Å²) >= 11 is 0. The lowest BCUT2D eigenvalue weighted by Gasteiger charge is -2.36. The standard InChI is InChI=1S/C26H30N6O4S/c1-20(25(33)29-22-7-3-2-4-8-22)31-14-16-32(17-15-31)37(35,36)24-11-9-23(10-12-24)30-26(34)28-19-21-6-5-13-27-18-21/h2-13,18,20H,14-17,19H2,1H3,(H,29,33)(H2,28,30,34). The molecule has 1 aromatic heterocycles. The molecule has 1 aliphatic rings. The highest BCUT2D eigenvalue weighted by Crippen LogP contribution is 2.21. The van der Waals surface area contributed by atoms with Gasteiger partial charge in [-0.25, -0.2) is 13.2 Å². The van der Waals surface area contributed by atoms with Crippen molar-refractivity contribution < 1.29 is 18.0 Å². The summed E-state index contributed by atoms with van der Waals surface area (Å²) in [7, 11) is -3.70. The molecule has 0 bridgehead atoms. The van der Waals surface area contributed by atoms with Gasteiger partial charge in [0.15, 0.2) is 0 Å². The van der Waals surface area contributed by atoms with Gasteiger partial charge >= 0.3 is 6.03 Å². The third kappa shape index (κ3) is 6.91. The average molecular weight is 523 g/mol. The number of aromatic nitrogens is 1. The van der Waals surface area contributed by atoms with Crippen molar-refractivity contribution in [1.29, 1.82) is 0 Å². The molecule has 0 saturated carbocycles. The molecule has 4 rings (SSSR count). The van der Waals surface area contributed by atoms with Gasteiger partial charge in [-0.3, -0.25) is 14.7 Å². The Hall–Kier alpha value is -3.80. The molecule has 3 aromatic rings. The van der Waals surface area contributed by atoms with E-state index in [1.165, 1.54) is 16.4 Å². The zero-order valence-electron chi connectivity index (χ0n) is 20.5. The highest BCUT2D eigenvalue weighted by molar-refractivity contribution is 7.89. The minimum Gasteiger partial charge on any atom is -0.334 e. The molecule has 1 atom stereocenters. The third-order valence-corrected chi connectivity index (χ3v) is 8.08. The van der Waals surface area contributed by atoms with Gasteiger partial charge in [0.2, 0.25) is 15.9 Å². The van der Waals surface area contributed by atoms with Gasteiger partial charge in [-0.05, 0) is 55.0 Å². The molecule has 1 unspecified atom stereocenters. The number of pyridine rings is 1. The summed E-state index contributed by atoms with van der Waals surface area (Å²) in [6.45, 7) is 3.59. The van der Waals surface area contributed by atoms with E-state index in [1.807, 2.05) is 48.2 Å². The van der Waals surface area contributed by atoms with Crippen LogP contribution in [0.3, 0.4) is 0 Å². The number of amides is 3. The van der Waals surface area contributed by atoms with E-state index >= 15 is 0 Å². The summed E-state index contributed by atoms with van der Waals surface area (Å²) in [5, 5.41) is 8.31. The third-order valence-electron chi connectivity index (χ3n) is 6.17. The van der Waals surface area contributed by atoms with Crippen LogP contribution in [0, 0.1) is 0 Å². The van der Waals surface area contributed by atoms with E-state index in [4.69, 9.17) is 0 Å². The fourth-order valence-electron chi connectivity index (χ4n) is 3.98. The molecule has 10 nitrogen and oxygen atoms in total. The summed E-state index contributed by atoms with van der Waals surface area (Å²) < 4.78 is 27.7. The molecule has 37 heavy (non-hydrogen) atoms. The van der Waals surface area contributed by atoms with Crippen LogP contribution < -0.4 is 16.0 Å². The Kier molecular flexibility index (Phi) is 8.49. The van der Waals surface area contributed by atoms with E-state index in [-0.39, 0.29) is 29.9 Å². The van der Waals surface area contributed by atoms with Crippen LogP contribution in [0.2, 0.25) is 0 Å². The SMILES string of the molecule is CC(C(=O)Nc1ccccc1)N1CCN(S(=O)(=O)c2ccc(NC(=O)NCc3cccnc3)cc2)CC1. The van der Waals surface area contributed by atoms with Crippen molar-refractivity contribution in [2.75, 3.05) is 36.8 Å². The Morgan fingerprint density at radius 1 is 0.892 bits per heavy atom. The van der Waals surface area contributed by atoms with Crippen LogP contribution in [0.4, 0.5) is 16.2 Å². The highest BCUT2D eigenvalue weighted by atomic mass is 32.2. The second kappa shape index (κ2) is 12.0. The molecule has 194 valence electrons. The normalized spacial score (nSPS) is 15.5. The molecular formula is C26H30N6O4S. The van der Waals surface area contributed by atoms with Crippen LogP contribution >= 0.6 is 0 Å². The van der Waals surface area contributed by atoms with E-state index in [0.29, 0.717) is 25.3 Å². The summed E-state index contributed by atoms with van der Waals surface area (Å²) in [4.78, 5) is 30.9. The highest BCUT2D eigenvalue weighted by Gasteiger charge is 2.31. The van der Waals surface area contributed by atoms with Gasteiger partial charge in [-0.2, -0.15) is 4.31 Å². The maximum atomic E-state index is 13.2. The van der Waals surface area contributed by atoms with Crippen LogP contribution in [0.5, 0.6) is 0 Å². The van der Waals surface area contributed by atoms with Crippen molar-refractivity contribution in [3.63, 3.8) is 0 Å². The summed E-state index contributed by atoms with van der Waals surface area (Å²) in [6.07, 6.45) is 3.32. The van der Waals surface area contributed by atoms with E-state index in [1.54, 1.807) is 30.6 Å². The minimum atomic E-state index is -3.70. The number of hydrogen-bond acceptors (Lipinski definition) is 6. The second-order valence-electron chi connectivity index (χ2n) is 8.66. The topological polar surface area (TPSA) is 124 Å². The zero-order chi connectivity index (χ0) is 26.3. The van der Waals surface area contributed by atoms with Crippen LogP contribution in [-0.2, 0) is 21.4 Å². The quantitative estimate of drug-likeness (QED) is 0.418. The van der Waals surface area contributed by atoms with Crippen molar-refractivity contribution in [2.45, 2.75) is 24.4 Å². The largest absolute Gasteiger partial charge is 0.334 e. The first-order valence-electron chi connectivity index (χ1n) is 12.0. The molecule has 2 heterocycles. The van der Waals surface area contributed by atoms with Crippen LogP contribution in [0.25, 0.3) is 0 Å². The molecule has 0 spiro atoms. The lowest BCUT2D eigenvalue weighted by atomic mass is 10.2. The van der Waals surface area contributed by atoms with Crippen molar-refractivity contribution in [3.05, 3.63) is 84.7 Å². The number of carbonyl (C=O) groups is 2. The molecule has 1 fully saturated rings. The Morgan fingerprint density at radius 3 is 2.22 bits per heavy atom. The first kappa shape index (κ1) is 26.3. The Bertz CT molecular complexity index is 1300. The van der Waals surface area contributed by atoms with Gasteiger partial charge in [-0.15, -0.1) is 0 Å². The molecule has 3 N–H and O–H groups in total. The molecule has 1 saturated heterocycles. The summed E-state index contributed by atoms with van der Waals surface area (Å²) in [6, 6.07) is 18.2. The number of nitrogens with zero attached hydrogens (tertiary/aromatic N) is 3. The van der Waals surface area contributed by atoms with Gasteiger partial charge in [0.25, 0.3) is 0 Å². The molecule has 11 heteroatoms. The molecule has 2 aromatic carbocycles. The predicted octanol–water partition coefficient (Wildman–Crippen LogP) is 2.74. The fraction of sp³-hybridized carbons (Fsp3) is 0.269. The Balaban J connectivity index is 1.28. The number of hydrogen-bond donors (Lipinski definition) is 3. The molecule has 0 aliphatic carbocycles. The van der Waals surface area contributed by atoms with Crippen molar-refractivity contribution in [3.8, 4) is 0 Å². The number of urea groups is 1. The number of anilines is 2. The average Bonchev–Trinajstić information content (AvgIpc) is 2.93. The van der Waals surface area contributed by atoms with Gasteiger partial charge < -0.3 is 16.0 Å². The number of carbonyl (C=O) groups excluding carboxylic acids is 2. The number of nitrogens with one attached hydrogen (secondary N) is 3. The molecule has 1 aliphatic heterocycles. The lowest BCUT2D eigenvalue weighted by Crippen LogP contribution is -2.53. The number of rotatable bonds is 8. The van der Waals surface area contributed by atoms with Crippen molar-refractivity contribution in [2.24, 2.45) is 0 Å². The predicted molar refractivity (Wildman–Crippen MR) is 141 cm³/mol. The smallest absolute Gasteiger partial charge is 0.319 e. The first-order valence-corrected chi connectivity index (χ1v) is 13.4. The Labute approximate surface area is 216 Å². The van der Waals surface area contributed by atoms with Crippen LogP contribution in [0.15, 0.2) is 84.0 Å². The maximum absolute atomic E-state index is 13.2. The number of para-hydroxylation sites is 1. The second-order valence-corrected chi connectivity index (χ2v) is 10.6. The van der Waals surface area contributed by atoms with E-state index in [0.717, 1.165) is 11.3 Å². The van der Waals surface area contributed by atoms with Crippen LogP contribution in [-0.4, -0.2) is 66.8 Å². The number of benzene rings is 2. The first-order chi connectivity index (χ1) is 17.8. The van der Waals surface area contributed by atoms with Crippen molar-refractivity contribution in [1.82, 2.24) is 19.5 Å². The molecule has 3 amide bonds. The summed E-state index contributed by atoms with van der Waals surface area (Å²) in [5.41, 5.74) is 2.07. The minimum absolute atomic E-state index is 0.130. The van der Waals surface area contributed by atoms with E-state index in [9.17, 15) is 18.0 Å². The monoisotopic (exact) mass is 522 g/mol. The fourth-order valence-corrected chi connectivity index (χ4v) is 5.41. The van der Waals surface area contributed by atoms with E-state index in [2.05, 4.69) is 20.9 Å². The zero-order valence-corrected chi connectivity index (χ0v) is 21.3.